The molecule has 0 bridgehead atoms. The van der Waals surface area contributed by atoms with Crippen molar-refractivity contribution in [2.24, 2.45) is 0 Å². The molecule has 0 aliphatic heterocycles. The zero-order valence-corrected chi connectivity index (χ0v) is 12.3. The minimum atomic E-state index is -4.10. The van der Waals surface area contributed by atoms with Gasteiger partial charge in [0.2, 0.25) is 0 Å². The van der Waals surface area contributed by atoms with E-state index in [1.54, 1.807) is 11.9 Å². The number of hydrogen-bond donors (Lipinski definition) is 1. The van der Waals surface area contributed by atoms with E-state index in [1.165, 1.54) is 0 Å². The summed E-state index contributed by atoms with van der Waals surface area (Å²) in [5.74, 6) is 0. The zero-order valence-electron chi connectivity index (χ0n) is 12.3. The van der Waals surface area contributed by atoms with Crippen molar-refractivity contribution >= 4 is 0 Å². The van der Waals surface area contributed by atoms with E-state index < -0.39 is 12.6 Å². The summed E-state index contributed by atoms with van der Waals surface area (Å²) in [6.45, 7) is 3.39. The summed E-state index contributed by atoms with van der Waals surface area (Å²) in [5.41, 5.74) is 0.921. The first-order chi connectivity index (χ1) is 9.27. The second-order valence-corrected chi connectivity index (χ2v) is 5.56. The minimum Gasteiger partial charge on any atom is -0.319 e. The number of nitrogens with one attached hydrogen (secondary N) is 1. The number of rotatable bonds is 7. The molecule has 114 valence electrons. The molecule has 1 aromatic carbocycles. The van der Waals surface area contributed by atoms with Crippen molar-refractivity contribution in [2.75, 3.05) is 33.7 Å². The highest BCUT2D eigenvalue weighted by Gasteiger charge is 2.30. The quantitative estimate of drug-likeness (QED) is 0.829. The molecule has 0 radical (unpaired) electrons. The van der Waals surface area contributed by atoms with Crippen molar-refractivity contribution in [3.63, 3.8) is 0 Å². The molecule has 1 atom stereocenters. The maximum Gasteiger partial charge on any atom is 0.390 e. The van der Waals surface area contributed by atoms with Gasteiger partial charge in [0.25, 0.3) is 0 Å². The molecule has 0 heterocycles. The van der Waals surface area contributed by atoms with Crippen LogP contribution < -0.4 is 5.32 Å². The molecule has 0 saturated carbocycles. The van der Waals surface area contributed by atoms with Crippen LogP contribution in [0.5, 0.6) is 0 Å². The molecule has 0 fully saturated rings. The van der Waals surface area contributed by atoms with Gasteiger partial charge in [0.1, 0.15) is 0 Å². The number of alkyl halides is 3. The lowest BCUT2D eigenvalue weighted by molar-refractivity contribution is -0.137. The van der Waals surface area contributed by atoms with Gasteiger partial charge in [0, 0.05) is 25.0 Å². The summed E-state index contributed by atoms with van der Waals surface area (Å²) < 4.78 is 36.8. The summed E-state index contributed by atoms with van der Waals surface area (Å²) in [5, 5.41) is 3.14. The van der Waals surface area contributed by atoms with E-state index in [1.807, 2.05) is 37.4 Å². The maximum absolute atomic E-state index is 12.3. The van der Waals surface area contributed by atoms with Crippen LogP contribution in [0.3, 0.4) is 0 Å². The second kappa shape index (κ2) is 7.09. The molecule has 1 rings (SSSR count). The van der Waals surface area contributed by atoms with E-state index in [9.17, 15) is 13.2 Å². The highest BCUT2D eigenvalue weighted by Crippen LogP contribution is 2.25. The summed E-state index contributed by atoms with van der Waals surface area (Å²) >= 11 is 0. The Morgan fingerprint density at radius 2 is 1.75 bits per heavy atom. The van der Waals surface area contributed by atoms with Gasteiger partial charge in [-0.1, -0.05) is 37.3 Å². The Labute approximate surface area is 119 Å². The first kappa shape index (κ1) is 17.0. The van der Waals surface area contributed by atoms with Crippen molar-refractivity contribution in [1.29, 1.82) is 0 Å². The first-order valence-corrected chi connectivity index (χ1v) is 6.72. The molecule has 0 amide bonds. The van der Waals surface area contributed by atoms with Gasteiger partial charge in [-0.2, -0.15) is 13.2 Å². The number of hydrogen-bond acceptors (Lipinski definition) is 2. The Balaban J connectivity index is 2.72. The third-order valence-corrected chi connectivity index (χ3v) is 3.43. The molecular formula is C15H23F3N2. The topological polar surface area (TPSA) is 15.3 Å². The average molecular weight is 288 g/mol. The van der Waals surface area contributed by atoms with Crippen LogP contribution in [0.4, 0.5) is 13.2 Å². The zero-order chi connectivity index (χ0) is 15.2. The Kier molecular flexibility index (Phi) is 6.02. The van der Waals surface area contributed by atoms with E-state index in [4.69, 9.17) is 0 Å². The van der Waals surface area contributed by atoms with Crippen molar-refractivity contribution in [3.8, 4) is 0 Å². The van der Waals surface area contributed by atoms with Crippen LogP contribution in [0, 0.1) is 0 Å². The molecule has 1 aromatic rings. The molecule has 0 aliphatic carbocycles. The van der Waals surface area contributed by atoms with E-state index in [0.29, 0.717) is 13.1 Å². The maximum atomic E-state index is 12.3. The number of likely N-dealkylation sites (N-methyl/N-ethyl adjacent to an activating group) is 2. The second-order valence-electron chi connectivity index (χ2n) is 5.56. The predicted molar refractivity (Wildman–Crippen MR) is 75.9 cm³/mol. The smallest absolute Gasteiger partial charge is 0.319 e. The monoisotopic (exact) mass is 288 g/mol. The molecule has 1 unspecified atom stereocenters. The molecule has 0 saturated heterocycles. The SMILES string of the molecule is CNCC(C)(CN(C)CCC(F)(F)F)c1ccccc1. The lowest BCUT2D eigenvalue weighted by Crippen LogP contribution is -2.44. The molecular weight excluding hydrogens is 265 g/mol. The van der Waals surface area contributed by atoms with Crippen LogP contribution in [0.15, 0.2) is 30.3 Å². The van der Waals surface area contributed by atoms with Gasteiger partial charge in [-0.15, -0.1) is 0 Å². The van der Waals surface area contributed by atoms with E-state index >= 15 is 0 Å². The van der Waals surface area contributed by atoms with Gasteiger partial charge < -0.3 is 10.2 Å². The Morgan fingerprint density at radius 1 is 1.15 bits per heavy atom. The number of halogens is 3. The van der Waals surface area contributed by atoms with Gasteiger partial charge in [0.05, 0.1) is 6.42 Å². The fraction of sp³-hybridized carbons (Fsp3) is 0.600. The van der Waals surface area contributed by atoms with Gasteiger partial charge in [0.15, 0.2) is 0 Å². The Morgan fingerprint density at radius 3 is 2.25 bits per heavy atom. The van der Waals surface area contributed by atoms with Gasteiger partial charge in [-0.3, -0.25) is 0 Å². The van der Waals surface area contributed by atoms with Crippen LogP contribution in [-0.2, 0) is 5.41 Å². The number of benzene rings is 1. The first-order valence-electron chi connectivity index (χ1n) is 6.72. The third kappa shape index (κ3) is 5.51. The fourth-order valence-electron chi connectivity index (χ4n) is 2.47. The summed E-state index contributed by atoms with van der Waals surface area (Å²) in [7, 11) is 3.60. The normalized spacial score (nSPS) is 15.3. The summed E-state index contributed by atoms with van der Waals surface area (Å²) in [6.07, 6.45) is -4.87. The van der Waals surface area contributed by atoms with Crippen LogP contribution in [0.25, 0.3) is 0 Å². The lowest BCUT2D eigenvalue weighted by atomic mass is 9.82. The minimum absolute atomic E-state index is 0.0235. The molecule has 0 aromatic heterocycles. The molecule has 0 aliphatic rings. The van der Waals surface area contributed by atoms with Crippen molar-refractivity contribution in [3.05, 3.63) is 35.9 Å². The number of nitrogens with zero attached hydrogens (tertiary/aromatic N) is 1. The van der Waals surface area contributed by atoms with Crippen LogP contribution in [0.2, 0.25) is 0 Å². The molecule has 1 N–H and O–H groups in total. The highest BCUT2D eigenvalue weighted by atomic mass is 19.4. The standard InChI is InChI=1S/C15H23F3N2/c1-14(11-19-2,13-7-5-4-6-8-13)12-20(3)10-9-15(16,17)18/h4-8,19H,9-12H2,1-3H3. The van der Waals surface area contributed by atoms with Gasteiger partial charge >= 0.3 is 6.18 Å². The van der Waals surface area contributed by atoms with E-state index in [0.717, 1.165) is 5.56 Å². The lowest BCUT2D eigenvalue weighted by Gasteiger charge is -2.34. The van der Waals surface area contributed by atoms with Crippen LogP contribution >= 0.6 is 0 Å². The van der Waals surface area contributed by atoms with Crippen LogP contribution in [-0.4, -0.2) is 44.8 Å². The molecule has 5 heteroatoms. The van der Waals surface area contributed by atoms with E-state index in [-0.39, 0.29) is 12.0 Å². The Bertz CT molecular complexity index is 392. The fourth-order valence-corrected chi connectivity index (χ4v) is 2.47. The summed E-state index contributed by atoms with van der Waals surface area (Å²) in [4.78, 5) is 1.75. The largest absolute Gasteiger partial charge is 0.390 e. The molecule has 20 heavy (non-hydrogen) atoms. The molecule has 2 nitrogen and oxygen atoms in total. The van der Waals surface area contributed by atoms with Crippen molar-refractivity contribution < 1.29 is 13.2 Å². The van der Waals surface area contributed by atoms with Crippen molar-refractivity contribution in [2.45, 2.75) is 24.9 Å². The molecule has 0 spiro atoms. The predicted octanol–water partition coefficient (Wildman–Crippen LogP) is 3.05. The summed E-state index contributed by atoms with van der Waals surface area (Å²) in [6, 6.07) is 9.90. The third-order valence-electron chi connectivity index (χ3n) is 3.43. The van der Waals surface area contributed by atoms with E-state index in [2.05, 4.69) is 12.2 Å². The highest BCUT2D eigenvalue weighted by molar-refractivity contribution is 5.25. The Hall–Kier alpha value is -1.07. The van der Waals surface area contributed by atoms with Gasteiger partial charge in [-0.25, -0.2) is 0 Å². The average Bonchev–Trinajstić information content (AvgIpc) is 2.37. The van der Waals surface area contributed by atoms with Crippen LogP contribution in [0.1, 0.15) is 18.9 Å². The van der Waals surface area contributed by atoms with Crippen molar-refractivity contribution in [1.82, 2.24) is 10.2 Å². The van der Waals surface area contributed by atoms with Gasteiger partial charge in [-0.05, 0) is 19.7 Å².